The van der Waals surface area contributed by atoms with Crippen LogP contribution in [-0.2, 0) is 11.3 Å². The van der Waals surface area contributed by atoms with Gasteiger partial charge in [-0.15, -0.1) is 0 Å². The van der Waals surface area contributed by atoms with Crippen LogP contribution in [0.4, 0.5) is 8.78 Å². The van der Waals surface area contributed by atoms with Gasteiger partial charge in [-0.25, -0.2) is 0 Å². The molecule has 1 aliphatic carbocycles. The lowest BCUT2D eigenvalue weighted by molar-refractivity contribution is -0.125. The summed E-state index contributed by atoms with van der Waals surface area (Å²) in [6, 6.07) is 4.80. The van der Waals surface area contributed by atoms with Gasteiger partial charge in [0.05, 0.1) is 6.61 Å². The van der Waals surface area contributed by atoms with Gasteiger partial charge in [0.15, 0.2) is 0 Å². The normalized spacial score (nSPS) is 20.2. The Kier molecular flexibility index (Phi) is 6.78. The highest BCUT2D eigenvalue weighted by molar-refractivity contribution is 5.79. The summed E-state index contributed by atoms with van der Waals surface area (Å²) in [6.07, 6.45) is 3.07. The van der Waals surface area contributed by atoms with Gasteiger partial charge in [0, 0.05) is 30.1 Å². The zero-order chi connectivity index (χ0) is 17.5. The van der Waals surface area contributed by atoms with Gasteiger partial charge in [0.1, 0.15) is 11.5 Å². The topological polar surface area (TPSA) is 73.6 Å². The van der Waals surface area contributed by atoms with Crippen LogP contribution < -0.4 is 20.5 Å². The number of nitrogens with one attached hydrogen (secondary N) is 1. The molecule has 0 saturated heterocycles. The van der Waals surface area contributed by atoms with Crippen LogP contribution in [0.2, 0.25) is 0 Å². The minimum atomic E-state index is -2.94. The molecule has 5 nitrogen and oxygen atoms in total. The first-order valence-electron chi connectivity index (χ1n) is 8.23. The SMILES string of the molecule is CCCOc1ccc(CNC(=O)C2CCC(N)C2)c(OC(F)F)c1. The summed E-state index contributed by atoms with van der Waals surface area (Å²) in [6.45, 7) is -0.365. The number of hydrogen-bond donors (Lipinski definition) is 2. The molecular formula is C17H24F2N2O3. The smallest absolute Gasteiger partial charge is 0.387 e. The van der Waals surface area contributed by atoms with Gasteiger partial charge < -0.3 is 20.5 Å². The molecule has 1 aromatic rings. The molecule has 3 N–H and O–H groups in total. The number of nitrogens with two attached hydrogens (primary N) is 1. The van der Waals surface area contributed by atoms with Crippen molar-refractivity contribution in [1.82, 2.24) is 5.32 Å². The molecule has 1 amide bonds. The van der Waals surface area contributed by atoms with Gasteiger partial charge in [-0.1, -0.05) is 6.92 Å². The number of alkyl halides is 2. The van der Waals surface area contributed by atoms with Gasteiger partial charge in [-0.2, -0.15) is 8.78 Å². The number of rotatable bonds is 8. The van der Waals surface area contributed by atoms with Gasteiger partial charge in [0.2, 0.25) is 5.91 Å². The summed E-state index contributed by atoms with van der Waals surface area (Å²) in [4.78, 5) is 12.1. The Bertz CT molecular complexity index is 555. The molecule has 0 aliphatic heterocycles. The van der Waals surface area contributed by atoms with E-state index in [2.05, 4.69) is 10.1 Å². The Morgan fingerprint density at radius 1 is 1.42 bits per heavy atom. The summed E-state index contributed by atoms with van der Waals surface area (Å²) in [5.41, 5.74) is 6.29. The fourth-order valence-electron chi connectivity index (χ4n) is 2.78. The third-order valence-electron chi connectivity index (χ3n) is 4.02. The third-order valence-corrected chi connectivity index (χ3v) is 4.02. The van der Waals surface area contributed by atoms with E-state index >= 15 is 0 Å². The van der Waals surface area contributed by atoms with Crippen LogP contribution in [0.1, 0.15) is 38.2 Å². The standard InChI is InChI=1S/C17H24F2N2O3/c1-2-7-23-14-6-4-12(15(9-14)24-17(18)19)10-21-16(22)11-3-5-13(20)8-11/h4,6,9,11,13,17H,2-3,5,7-8,10,20H2,1H3,(H,21,22). The number of ether oxygens (including phenoxy) is 2. The van der Waals surface area contributed by atoms with E-state index in [1.54, 1.807) is 12.1 Å². The summed E-state index contributed by atoms with van der Waals surface area (Å²) in [5.74, 6) is 0.273. The Hall–Kier alpha value is -1.89. The van der Waals surface area contributed by atoms with Crippen LogP contribution in [-0.4, -0.2) is 25.2 Å². The van der Waals surface area contributed by atoms with Crippen molar-refractivity contribution >= 4 is 5.91 Å². The second-order valence-electron chi connectivity index (χ2n) is 5.98. The summed E-state index contributed by atoms with van der Waals surface area (Å²) in [5, 5.41) is 2.78. The number of benzene rings is 1. The van der Waals surface area contributed by atoms with Crippen LogP contribution in [0.25, 0.3) is 0 Å². The molecule has 0 aromatic heterocycles. The van der Waals surface area contributed by atoms with E-state index < -0.39 is 6.61 Å². The maximum atomic E-state index is 12.6. The van der Waals surface area contributed by atoms with Crippen LogP contribution in [0, 0.1) is 5.92 Å². The number of hydrogen-bond acceptors (Lipinski definition) is 4. The van der Waals surface area contributed by atoms with Crippen LogP contribution in [0.15, 0.2) is 18.2 Å². The number of carbonyl (C=O) groups excluding carboxylic acids is 1. The van der Waals surface area contributed by atoms with Crippen LogP contribution >= 0.6 is 0 Å². The number of amides is 1. The molecule has 1 aromatic carbocycles. The molecule has 134 valence electrons. The molecule has 0 radical (unpaired) electrons. The van der Waals surface area contributed by atoms with Crippen molar-refractivity contribution in [1.29, 1.82) is 0 Å². The zero-order valence-electron chi connectivity index (χ0n) is 13.8. The van der Waals surface area contributed by atoms with E-state index in [4.69, 9.17) is 10.5 Å². The summed E-state index contributed by atoms with van der Waals surface area (Å²) < 4.78 is 35.2. The monoisotopic (exact) mass is 342 g/mol. The van der Waals surface area contributed by atoms with E-state index in [9.17, 15) is 13.6 Å². The third kappa shape index (κ3) is 5.33. The van der Waals surface area contributed by atoms with Gasteiger partial charge in [-0.05, 0) is 37.8 Å². The average molecular weight is 342 g/mol. The molecule has 0 bridgehead atoms. The fraction of sp³-hybridized carbons (Fsp3) is 0.588. The average Bonchev–Trinajstić information content (AvgIpc) is 2.97. The quantitative estimate of drug-likeness (QED) is 0.762. The summed E-state index contributed by atoms with van der Waals surface area (Å²) >= 11 is 0. The molecule has 0 heterocycles. The number of halogens is 2. The zero-order valence-corrected chi connectivity index (χ0v) is 13.8. The molecule has 1 aliphatic rings. The first kappa shape index (κ1) is 18.4. The minimum absolute atomic E-state index is 0.0158. The van der Waals surface area contributed by atoms with Crippen molar-refractivity contribution in [2.45, 2.75) is 51.8 Å². The van der Waals surface area contributed by atoms with E-state index in [1.807, 2.05) is 6.92 Å². The van der Waals surface area contributed by atoms with Crippen molar-refractivity contribution in [3.05, 3.63) is 23.8 Å². The van der Waals surface area contributed by atoms with Gasteiger partial charge in [-0.3, -0.25) is 4.79 Å². The predicted octanol–water partition coefficient (Wildman–Crippen LogP) is 2.82. The van der Waals surface area contributed by atoms with Crippen molar-refractivity contribution in [2.75, 3.05) is 6.61 Å². The van der Waals surface area contributed by atoms with E-state index in [-0.39, 0.29) is 30.2 Å². The summed E-state index contributed by atoms with van der Waals surface area (Å²) in [7, 11) is 0. The highest BCUT2D eigenvalue weighted by Crippen LogP contribution is 2.28. The van der Waals surface area contributed by atoms with Crippen molar-refractivity contribution < 1.29 is 23.0 Å². The second kappa shape index (κ2) is 8.82. The molecule has 2 rings (SSSR count). The van der Waals surface area contributed by atoms with Gasteiger partial charge in [0.25, 0.3) is 0 Å². The largest absolute Gasteiger partial charge is 0.493 e. The van der Waals surface area contributed by atoms with E-state index in [0.29, 0.717) is 24.3 Å². The van der Waals surface area contributed by atoms with Gasteiger partial charge >= 0.3 is 6.61 Å². The number of carbonyl (C=O) groups is 1. The first-order chi connectivity index (χ1) is 11.5. The molecule has 24 heavy (non-hydrogen) atoms. The van der Waals surface area contributed by atoms with Crippen LogP contribution in [0.3, 0.4) is 0 Å². The molecule has 2 atom stereocenters. The van der Waals surface area contributed by atoms with Crippen molar-refractivity contribution in [3.8, 4) is 11.5 Å². The predicted molar refractivity (Wildman–Crippen MR) is 86.0 cm³/mol. The highest BCUT2D eigenvalue weighted by atomic mass is 19.3. The fourth-order valence-corrected chi connectivity index (χ4v) is 2.78. The molecule has 1 fully saturated rings. The second-order valence-corrected chi connectivity index (χ2v) is 5.98. The lowest BCUT2D eigenvalue weighted by Gasteiger charge is -2.15. The maximum absolute atomic E-state index is 12.6. The lowest BCUT2D eigenvalue weighted by atomic mass is 10.1. The molecular weight excluding hydrogens is 318 g/mol. The highest BCUT2D eigenvalue weighted by Gasteiger charge is 2.27. The molecule has 1 saturated carbocycles. The van der Waals surface area contributed by atoms with E-state index in [0.717, 1.165) is 19.3 Å². The van der Waals surface area contributed by atoms with Crippen molar-refractivity contribution in [2.24, 2.45) is 11.7 Å². The Labute approximate surface area is 140 Å². The van der Waals surface area contributed by atoms with Crippen molar-refractivity contribution in [3.63, 3.8) is 0 Å². The van der Waals surface area contributed by atoms with E-state index in [1.165, 1.54) is 6.07 Å². The molecule has 0 spiro atoms. The maximum Gasteiger partial charge on any atom is 0.387 e. The minimum Gasteiger partial charge on any atom is -0.493 e. The molecule has 7 heteroatoms. The Balaban J connectivity index is 2.00. The Morgan fingerprint density at radius 3 is 2.83 bits per heavy atom. The molecule has 2 unspecified atom stereocenters. The van der Waals surface area contributed by atoms with Crippen LogP contribution in [0.5, 0.6) is 11.5 Å². The first-order valence-corrected chi connectivity index (χ1v) is 8.23. The Morgan fingerprint density at radius 2 is 2.21 bits per heavy atom. The lowest BCUT2D eigenvalue weighted by Crippen LogP contribution is -2.30.